The van der Waals surface area contributed by atoms with E-state index in [1.54, 1.807) is 5.01 Å². The van der Waals surface area contributed by atoms with Gasteiger partial charge in [0.25, 0.3) is 10.0 Å². The Morgan fingerprint density at radius 3 is 2.05 bits per heavy atom. The fraction of sp³-hybridized carbons (Fsp3) is 0.538. The first kappa shape index (κ1) is 16.8. The van der Waals surface area contributed by atoms with E-state index in [4.69, 9.17) is 18.9 Å². The molecule has 1 N–H and O–H groups in total. The van der Waals surface area contributed by atoms with Crippen LogP contribution in [0.15, 0.2) is 17.0 Å². The van der Waals surface area contributed by atoms with Gasteiger partial charge in [0.1, 0.15) is 0 Å². The quantitative estimate of drug-likeness (QED) is 0.798. The molecule has 8 nitrogen and oxygen atoms in total. The molecule has 0 radical (unpaired) electrons. The van der Waals surface area contributed by atoms with Crippen LogP contribution < -0.4 is 19.0 Å². The van der Waals surface area contributed by atoms with Crippen molar-refractivity contribution in [3.63, 3.8) is 0 Å². The maximum atomic E-state index is 12.5. The summed E-state index contributed by atoms with van der Waals surface area (Å²) in [5.74, 6) is 0.906. The molecular weight excluding hydrogens is 312 g/mol. The molecule has 1 aromatic carbocycles. The van der Waals surface area contributed by atoms with E-state index in [-0.39, 0.29) is 16.4 Å². The highest BCUT2D eigenvalue weighted by atomic mass is 32.2. The molecule has 0 amide bonds. The Balaban J connectivity index is 2.33. The van der Waals surface area contributed by atoms with Crippen molar-refractivity contribution in [3.05, 3.63) is 12.1 Å². The molecule has 0 aromatic heterocycles. The van der Waals surface area contributed by atoms with Gasteiger partial charge >= 0.3 is 0 Å². The molecule has 1 aliphatic heterocycles. The van der Waals surface area contributed by atoms with Crippen LogP contribution in [0.1, 0.15) is 0 Å². The molecule has 0 spiro atoms. The van der Waals surface area contributed by atoms with Crippen molar-refractivity contribution in [2.75, 3.05) is 47.6 Å². The molecule has 124 valence electrons. The molecule has 0 bridgehead atoms. The van der Waals surface area contributed by atoms with Gasteiger partial charge in [-0.25, -0.2) is 13.4 Å². The maximum Gasteiger partial charge on any atom is 0.253 e. The minimum absolute atomic E-state index is 0.0356. The average Bonchev–Trinajstić information content (AvgIpc) is 2.53. The number of benzene rings is 1. The van der Waals surface area contributed by atoms with Crippen molar-refractivity contribution in [2.24, 2.45) is 0 Å². The fourth-order valence-electron chi connectivity index (χ4n) is 2.09. The van der Waals surface area contributed by atoms with Crippen LogP contribution in [0.25, 0.3) is 0 Å². The van der Waals surface area contributed by atoms with Crippen LogP contribution in [-0.2, 0) is 14.8 Å². The van der Waals surface area contributed by atoms with Crippen LogP contribution in [0.3, 0.4) is 0 Å². The van der Waals surface area contributed by atoms with Gasteiger partial charge in [0.2, 0.25) is 5.75 Å². The highest BCUT2D eigenvalue weighted by Crippen LogP contribution is 2.39. The highest BCUT2D eigenvalue weighted by molar-refractivity contribution is 7.89. The normalized spacial score (nSPS) is 16.3. The van der Waals surface area contributed by atoms with Crippen molar-refractivity contribution in [2.45, 2.75) is 4.90 Å². The Bertz CT molecular complexity index is 588. The molecule has 0 atom stereocenters. The number of sulfonamides is 1. The summed E-state index contributed by atoms with van der Waals surface area (Å²) in [5.41, 5.74) is 0. The minimum Gasteiger partial charge on any atom is -0.493 e. The third kappa shape index (κ3) is 3.61. The van der Waals surface area contributed by atoms with E-state index in [2.05, 4.69) is 4.83 Å². The number of hydrazine groups is 1. The van der Waals surface area contributed by atoms with Gasteiger partial charge in [-0.05, 0) is 0 Å². The zero-order valence-corrected chi connectivity index (χ0v) is 13.6. The van der Waals surface area contributed by atoms with Gasteiger partial charge in [0, 0.05) is 25.2 Å². The van der Waals surface area contributed by atoms with E-state index < -0.39 is 10.0 Å². The number of hydrogen-bond acceptors (Lipinski definition) is 7. The standard InChI is InChI=1S/C13H20N2O6S/c1-18-11-8-10(9-12(19-2)13(11)20-3)22(16,17)14-15-4-6-21-7-5-15/h8-9,14H,4-7H2,1-3H3. The van der Waals surface area contributed by atoms with E-state index in [0.717, 1.165) is 0 Å². The van der Waals surface area contributed by atoms with Crippen LogP contribution >= 0.6 is 0 Å². The zero-order valence-electron chi connectivity index (χ0n) is 12.8. The lowest BCUT2D eigenvalue weighted by atomic mass is 10.3. The first-order chi connectivity index (χ1) is 10.5. The van der Waals surface area contributed by atoms with Gasteiger partial charge in [0.15, 0.2) is 11.5 Å². The average molecular weight is 332 g/mol. The Kier molecular flexibility index (Phi) is 5.46. The summed E-state index contributed by atoms with van der Waals surface area (Å²) in [6.07, 6.45) is 0. The Morgan fingerprint density at radius 2 is 1.59 bits per heavy atom. The first-order valence-corrected chi connectivity index (χ1v) is 8.15. The van der Waals surface area contributed by atoms with E-state index in [1.807, 2.05) is 0 Å². The van der Waals surface area contributed by atoms with Crippen LogP contribution in [0.5, 0.6) is 17.2 Å². The van der Waals surface area contributed by atoms with Crippen molar-refractivity contribution < 1.29 is 27.4 Å². The lowest BCUT2D eigenvalue weighted by Gasteiger charge is -2.26. The summed E-state index contributed by atoms with van der Waals surface area (Å²) in [6.45, 7) is 1.95. The van der Waals surface area contributed by atoms with Crippen LogP contribution in [-0.4, -0.2) is 61.1 Å². The topological polar surface area (TPSA) is 86.3 Å². The van der Waals surface area contributed by atoms with Crippen LogP contribution in [0, 0.1) is 0 Å². The predicted octanol–water partition coefficient (Wildman–Crippen LogP) is 0.238. The summed E-state index contributed by atoms with van der Waals surface area (Å²) in [4.78, 5) is 2.56. The van der Waals surface area contributed by atoms with Gasteiger partial charge in [-0.1, -0.05) is 0 Å². The molecule has 0 saturated carbocycles. The summed E-state index contributed by atoms with van der Waals surface area (Å²) >= 11 is 0. The van der Waals surface area contributed by atoms with E-state index in [1.165, 1.54) is 33.5 Å². The number of nitrogens with one attached hydrogen (secondary N) is 1. The number of morpholine rings is 1. The predicted molar refractivity (Wildman–Crippen MR) is 78.8 cm³/mol. The lowest BCUT2D eigenvalue weighted by molar-refractivity contribution is 0.0272. The van der Waals surface area contributed by atoms with E-state index >= 15 is 0 Å². The third-order valence-electron chi connectivity index (χ3n) is 3.21. The first-order valence-electron chi connectivity index (χ1n) is 6.67. The second kappa shape index (κ2) is 7.14. The Labute approximate surface area is 129 Å². The van der Waals surface area contributed by atoms with Crippen LogP contribution in [0.4, 0.5) is 0 Å². The van der Waals surface area contributed by atoms with Crippen LogP contribution in [0.2, 0.25) is 0 Å². The SMILES string of the molecule is COc1cc(S(=O)(=O)NN2CCOCC2)cc(OC)c1OC. The third-order valence-corrected chi connectivity index (χ3v) is 4.56. The molecule has 1 aromatic rings. The van der Waals surface area contributed by atoms with Gasteiger partial charge in [-0.2, -0.15) is 0 Å². The highest BCUT2D eigenvalue weighted by Gasteiger charge is 2.24. The number of hydrogen-bond donors (Lipinski definition) is 1. The van der Waals surface area contributed by atoms with Crippen molar-refractivity contribution >= 4 is 10.0 Å². The van der Waals surface area contributed by atoms with Gasteiger partial charge < -0.3 is 18.9 Å². The molecule has 1 saturated heterocycles. The fourth-order valence-corrected chi connectivity index (χ4v) is 3.24. The maximum absolute atomic E-state index is 12.5. The summed E-state index contributed by atoms with van der Waals surface area (Å²) in [7, 11) is 0.581. The molecule has 1 heterocycles. The summed E-state index contributed by atoms with van der Waals surface area (Å²) in [6, 6.07) is 2.79. The molecule has 1 fully saturated rings. The van der Waals surface area contributed by atoms with Crippen molar-refractivity contribution in [1.82, 2.24) is 9.84 Å². The van der Waals surface area contributed by atoms with Crippen molar-refractivity contribution in [1.29, 1.82) is 0 Å². The number of rotatable bonds is 6. The Morgan fingerprint density at radius 1 is 1.05 bits per heavy atom. The van der Waals surface area contributed by atoms with Gasteiger partial charge in [-0.15, -0.1) is 4.83 Å². The van der Waals surface area contributed by atoms with Gasteiger partial charge in [-0.3, -0.25) is 0 Å². The molecule has 0 unspecified atom stereocenters. The number of nitrogens with zero attached hydrogens (tertiary/aromatic N) is 1. The second-order valence-electron chi connectivity index (χ2n) is 4.56. The smallest absolute Gasteiger partial charge is 0.253 e. The zero-order chi connectivity index (χ0) is 16.2. The lowest BCUT2D eigenvalue weighted by Crippen LogP contribution is -2.48. The largest absolute Gasteiger partial charge is 0.493 e. The summed E-state index contributed by atoms with van der Waals surface area (Å²) < 4.78 is 45.7. The number of methoxy groups -OCH3 is 3. The monoisotopic (exact) mass is 332 g/mol. The Hall–Kier alpha value is -1.55. The summed E-state index contributed by atoms with van der Waals surface area (Å²) in [5, 5.41) is 1.60. The molecule has 9 heteroatoms. The molecule has 1 aliphatic rings. The molecular formula is C13H20N2O6S. The van der Waals surface area contributed by atoms with Crippen molar-refractivity contribution in [3.8, 4) is 17.2 Å². The molecule has 2 rings (SSSR count). The van der Waals surface area contributed by atoms with Gasteiger partial charge in [0.05, 0.1) is 39.4 Å². The van der Waals surface area contributed by atoms with E-state index in [9.17, 15) is 8.42 Å². The van der Waals surface area contributed by atoms with E-state index in [0.29, 0.717) is 32.1 Å². The molecule has 22 heavy (non-hydrogen) atoms. The minimum atomic E-state index is -3.75. The second-order valence-corrected chi connectivity index (χ2v) is 6.22. The molecule has 0 aliphatic carbocycles. The number of ether oxygens (including phenoxy) is 4.